The standard InChI is InChI=1S/C14H16Cl2N4O2S2/c1-2-20-13(19-3-5-22-6-4-19)17-18-14(20)23-8-10(21)9-7-11(15)24-12(9)16/h7H,2-6,8H2,1H3. The Bertz CT molecular complexity index is 728. The Morgan fingerprint density at radius 3 is 2.75 bits per heavy atom. The van der Waals surface area contributed by atoms with Gasteiger partial charge in [-0.2, -0.15) is 0 Å². The van der Waals surface area contributed by atoms with E-state index in [4.69, 9.17) is 27.9 Å². The SMILES string of the molecule is CCn1c(SCC(=O)c2cc(Cl)sc2Cl)nnc1N1CCOCC1. The monoisotopic (exact) mass is 406 g/mol. The van der Waals surface area contributed by atoms with Crippen LogP contribution in [0.4, 0.5) is 5.95 Å². The van der Waals surface area contributed by atoms with Crippen LogP contribution in [0, 0.1) is 0 Å². The van der Waals surface area contributed by atoms with Crippen LogP contribution in [0.25, 0.3) is 0 Å². The molecule has 1 aliphatic rings. The summed E-state index contributed by atoms with van der Waals surface area (Å²) < 4.78 is 8.33. The molecule has 2 aromatic rings. The zero-order chi connectivity index (χ0) is 17.1. The number of ether oxygens (including phenoxy) is 1. The molecule has 0 radical (unpaired) electrons. The maximum Gasteiger partial charge on any atom is 0.228 e. The van der Waals surface area contributed by atoms with Gasteiger partial charge in [-0.3, -0.25) is 9.36 Å². The van der Waals surface area contributed by atoms with E-state index in [1.54, 1.807) is 6.07 Å². The lowest BCUT2D eigenvalue weighted by molar-refractivity contribution is 0.102. The van der Waals surface area contributed by atoms with E-state index in [1.807, 2.05) is 11.5 Å². The van der Waals surface area contributed by atoms with E-state index < -0.39 is 0 Å². The summed E-state index contributed by atoms with van der Waals surface area (Å²) in [6.07, 6.45) is 0. The molecule has 3 heterocycles. The molecule has 0 N–H and O–H groups in total. The Labute approximate surface area is 158 Å². The lowest BCUT2D eigenvalue weighted by Gasteiger charge is -2.27. The molecular formula is C14H16Cl2N4O2S2. The first-order valence-electron chi connectivity index (χ1n) is 7.47. The van der Waals surface area contributed by atoms with E-state index in [-0.39, 0.29) is 11.5 Å². The number of halogens is 2. The number of rotatable bonds is 6. The second kappa shape index (κ2) is 8.05. The molecule has 0 atom stereocenters. The minimum Gasteiger partial charge on any atom is -0.378 e. The largest absolute Gasteiger partial charge is 0.378 e. The highest BCUT2D eigenvalue weighted by molar-refractivity contribution is 7.99. The molecule has 10 heteroatoms. The van der Waals surface area contributed by atoms with Crippen LogP contribution < -0.4 is 4.90 Å². The number of Topliss-reactive ketones (excluding diaryl/α,β-unsaturated/α-hetero) is 1. The number of thiophene rings is 1. The van der Waals surface area contributed by atoms with E-state index in [0.717, 1.165) is 30.7 Å². The maximum absolute atomic E-state index is 12.3. The van der Waals surface area contributed by atoms with Crippen molar-refractivity contribution in [2.45, 2.75) is 18.6 Å². The molecule has 0 aliphatic carbocycles. The van der Waals surface area contributed by atoms with Crippen molar-refractivity contribution in [3.05, 3.63) is 20.3 Å². The van der Waals surface area contributed by atoms with Crippen LogP contribution in [-0.4, -0.2) is 52.6 Å². The van der Waals surface area contributed by atoms with E-state index >= 15 is 0 Å². The highest BCUT2D eigenvalue weighted by atomic mass is 35.5. The van der Waals surface area contributed by atoms with Gasteiger partial charge >= 0.3 is 0 Å². The third-order valence-corrected chi connectivity index (χ3v) is 6.05. The summed E-state index contributed by atoms with van der Waals surface area (Å²) in [5.41, 5.74) is 0.468. The average molecular weight is 407 g/mol. The molecule has 1 saturated heterocycles. The van der Waals surface area contributed by atoms with Gasteiger partial charge in [-0.15, -0.1) is 21.5 Å². The van der Waals surface area contributed by atoms with E-state index in [1.165, 1.54) is 23.1 Å². The molecule has 0 aromatic carbocycles. The van der Waals surface area contributed by atoms with Gasteiger partial charge in [0.05, 0.1) is 23.3 Å². The predicted octanol–water partition coefficient (Wildman–Crippen LogP) is 3.48. The molecule has 1 fully saturated rings. The Balaban J connectivity index is 1.70. The van der Waals surface area contributed by atoms with Crippen molar-refractivity contribution < 1.29 is 9.53 Å². The zero-order valence-electron chi connectivity index (χ0n) is 13.0. The summed E-state index contributed by atoms with van der Waals surface area (Å²) in [5.74, 6) is 1.01. The van der Waals surface area contributed by atoms with Crippen LogP contribution >= 0.6 is 46.3 Å². The number of nitrogens with zero attached hydrogens (tertiary/aromatic N) is 4. The summed E-state index contributed by atoms with van der Waals surface area (Å²) in [6, 6.07) is 1.61. The number of carbonyl (C=O) groups excluding carboxylic acids is 1. The Kier molecular flexibility index (Phi) is 6.04. The number of anilines is 1. The fraction of sp³-hybridized carbons (Fsp3) is 0.500. The molecule has 0 unspecified atom stereocenters. The van der Waals surface area contributed by atoms with Crippen LogP contribution in [0.3, 0.4) is 0 Å². The van der Waals surface area contributed by atoms with Crippen molar-refractivity contribution in [1.29, 1.82) is 0 Å². The molecule has 0 saturated carbocycles. The van der Waals surface area contributed by atoms with Gasteiger partial charge < -0.3 is 9.64 Å². The van der Waals surface area contributed by atoms with Crippen molar-refractivity contribution in [3.63, 3.8) is 0 Å². The van der Waals surface area contributed by atoms with Crippen LogP contribution in [0.15, 0.2) is 11.2 Å². The molecule has 3 rings (SSSR count). The molecule has 0 spiro atoms. The number of hydrogen-bond acceptors (Lipinski definition) is 7. The van der Waals surface area contributed by atoms with Crippen LogP contribution in [0.5, 0.6) is 0 Å². The third kappa shape index (κ3) is 3.88. The molecule has 2 aromatic heterocycles. The van der Waals surface area contributed by atoms with Gasteiger partial charge in [0, 0.05) is 25.2 Å². The minimum atomic E-state index is -0.0632. The van der Waals surface area contributed by atoms with Crippen molar-refractivity contribution in [3.8, 4) is 0 Å². The van der Waals surface area contributed by atoms with Gasteiger partial charge in [0.25, 0.3) is 0 Å². The van der Waals surface area contributed by atoms with Crippen molar-refractivity contribution in [1.82, 2.24) is 14.8 Å². The topological polar surface area (TPSA) is 60.2 Å². The highest BCUT2D eigenvalue weighted by Gasteiger charge is 2.21. The minimum absolute atomic E-state index is 0.0632. The van der Waals surface area contributed by atoms with Crippen molar-refractivity contribution >= 4 is 58.0 Å². The number of aromatic nitrogens is 3. The summed E-state index contributed by atoms with van der Waals surface area (Å²) in [4.78, 5) is 14.5. The summed E-state index contributed by atoms with van der Waals surface area (Å²) in [7, 11) is 0. The van der Waals surface area contributed by atoms with E-state index in [9.17, 15) is 4.79 Å². The van der Waals surface area contributed by atoms with Gasteiger partial charge in [-0.05, 0) is 13.0 Å². The predicted molar refractivity (Wildman–Crippen MR) is 98.1 cm³/mol. The molecule has 1 aliphatic heterocycles. The lowest BCUT2D eigenvalue weighted by Crippen LogP contribution is -2.38. The second-order valence-electron chi connectivity index (χ2n) is 5.08. The number of ketones is 1. The summed E-state index contributed by atoms with van der Waals surface area (Å²) >= 11 is 14.5. The first kappa shape index (κ1) is 18.0. The first-order valence-corrected chi connectivity index (χ1v) is 10.0. The zero-order valence-corrected chi connectivity index (χ0v) is 16.1. The molecule has 24 heavy (non-hydrogen) atoms. The van der Waals surface area contributed by atoms with Crippen LogP contribution in [0.2, 0.25) is 8.67 Å². The van der Waals surface area contributed by atoms with Crippen LogP contribution in [0.1, 0.15) is 17.3 Å². The number of hydrogen-bond donors (Lipinski definition) is 0. The van der Waals surface area contributed by atoms with Gasteiger partial charge in [-0.25, -0.2) is 0 Å². The molecule has 0 bridgehead atoms. The molecule has 6 nitrogen and oxygen atoms in total. The fourth-order valence-electron chi connectivity index (χ4n) is 2.40. The lowest BCUT2D eigenvalue weighted by atomic mass is 10.2. The first-order chi connectivity index (χ1) is 11.6. The number of morpholine rings is 1. The summed E-state index contributed by atoms with van der Waals surface area (Å²) in [6.45, 7) is 5.75. The molecule has 0 amide bonds. The summed E-state index contributed by atoms with van der Waals surface area (Å²) in [5, 5.41) is 9.26. The average Bonchev–Trinajstić information content (AvgIpc) is 3.15. The van der Waals surface area contributed by atoms with E-state index in [2.05, 4.69) is 15.1 Å². The quantitative estimate of drug-likeness (QED) is 0.540. The number of thioether (sulfide) groups is 1. The van der Waals surface area contributed by atoms with E-state index in [0.29, 0.717) is 27.4 Å². The normalized spacial score (nSPS) is 15.0. The van der Waals surface area contributed by atoms with Gasteiger partial charge in [0.15, 0.2) is 10.9 Å². The smallest absolute Gasteiger partial charge is 0.228 e. The Morgan fingerprint density at radius 1 is 1.38 bits per heavy atom. The molecular weight excluding hydrogens is 391 g/mol. The highest BCUT2D eigenvalue weighted by Crippen LogP contribution is 2.32. The fourth-order valence-corrected chi connectivity index (χ4v) is 4.78. The second-order valence-corrected chi connectivity index (χ2v) is 8.30. The van der Waals surface area contributed by atoms with Crippen molar-refractivity contribution in [2.75, 3.05) is 37.0 Å². The molecule has 130 valence electrons. The van der Waals surface area contributed by atoms with Gasteiger partial charge in [0.2, 0.25) is 5.95 Å². The van der Waals surface area contributed by atoms with Crippen LogP contribution in [-0.2, 0) is 11.3 Å². The van der Waals surface area contributed by atoms with Gasteiger partial charge in [0.1, 0.15) is 4.34 Å². The maximum atomic E-state index is 12.3. The Hall–Kier alpha value is -0.800. The third-order valence-electron chi connectivity index (χ3n) is 3.60. The number of carbonyl (C=O) groups is 1. The Morgan fingerprint density at radius 2 is 2.12 bits per heavy atom. The van der Waals surface area contributed by atoms with Gasteiger partial charge in [-0.1, -0.05) is 35.0 Å². The van der Waals surface area contributed by atoms with Crippen molar-refractivity contribution in [2.24, 2.45) is 0 Å².